The highest BCUT2D eigenvalue weighted by molar-refractivity contribution is 7.98. The minimum atomic E-state index is -1.36. The predicted octanol–water partition coefficient (Wildman–Crippen LogP) is 4.10. The number of nitrogens with one attached hydrogen (secondary N) is 1. The van der Waals surface area contributed by atoms with Gasteiger partial charge in [0.15, 0.2) is 0 Å². The number of benzene rings is 2. The second-order valence-corrected chi connectivity index (χ2v) is 9.57. The number of hydrogen-bond donors (Lipinski definition) is 3. The quantitative estimate of drug-likeness (QED) is 0.289. The number of carboxylic acid groups (broad SMARTS) is 1. The van der Waals surface area contributed by atoms with Crippen molar-refractivity contribution in [3.8, 4) is 0 Å². The Kier molecular flexibility index (Phi) is 7.41. The summed E-state index contributed by atoms with van der Waals surface area (Å²) in [5, 5.41) is 14.1. The van der Waals surface area contributed by atoms with Gasteiger partial charge < -0.3 is 10.4 Å². The standard InChI is InChI=1S/C22H26ClN5O4S/c1-22(2,18(29)30)13-27-20(31)26(12-14-7-9-15(23)10-8-14)19(28(24)21(27)32)25-16-5-4-6-17(11-16)33-3/h4-11,19,25H,12-13,24H2,1-3H3,(H,29,30). The van der Waals surface area contributed by atoms with Gasteiger partial charge in [0.25, 0.3) is 0 Å². The molecule has 0 spiro atoms. The van der Waals surface area contributed by atoms with Crippen molar-refractivity contribution >= 4 is 47.1 Å². The summed E-state index contributed by atoms with van der Waals surface area (Å²) in [6.07, 6.45) is 0.943. The van der Waals surface area contributed by atoms with Gasteiger partial charge in [-0.3, -0.25) is 9.69 Å². The number of rotatable bonds is 8. The van der Waals surface area contributed by atoms with E-state index in [4.69, 9.17) is 17.4 Å². The minimum Gasteiger partial charge on any atom is -0.481 e. The monoisotopic (exact) mass is 491 g/mol. The lowest BCUT2D eigenvalue weighted by molar-refractivity contribution is -0.147. The van der Waals surface area contributed by atoms with Crippen molar-refractivity contribution in [1.29, 1.82) is 0 Å². The highest BCUT2D eigenvalue weighted by Crippen LogP contribution is 2.27. The van der Waals surface area contributed by atoms with Crippen molar-refractivity contribution in [2.24, 2.45) is 11.3 Å². The topological polar surface area (TPSA) is 119 Å². The summed E-state index contributed by atoms with van der Waals surface area (Å²) in [6, 6.07) is 13.0. The smallest absolute Gasteiger partial charge is 0.345 e. The zero-order valence-electron chi connectivity index (χ0n) is 18.5. The number of carbonyl (C=O) groups excluding carboxylic acids is 2. The van der Waals surface area contributed by atoms with Gasteiger partial charge >= 0.3 is 18.0 Å². The second-order valence-electron chi connectivity index (χ2n) is 8.25. The second kappa shape index (κ2) is 9.90. The van der Waals surface area contributed by atoms with Crippen LogP contribution in [0.2, 0.25) is 5.02 Å². The Morgan fingerprint density at radius 3 is 2.45 bits per heavy atom. The number of carboxylic acids is 1. The van der Waals surface area contributed by atoms with Crippen LogP contribution in [0.25, 0.3) is 0 Å². The van der Waals surface area contributed by atoms with Gasteiger partial charge in [-0.05, 0) is 56.0 Å². The van der Waals surface area contributed by atoms with Crippen molar-refractivity contribution in [2.45, 2.75) is 31.6 Å². The molecule has 3 rings (SSSR count). The molecule has 2 aromatic carbocycles. The molecule has 1 heterocycles. The van der Waals surface area contributed by atoms with Gasteiger partial charge in [0.1, 0.15) is 0 Å². The number of hydrazine groups is 1. The largest absolute Gasteiger partial charge is 0.481 e. The van der Waals surface area contributed by atoms with Crippen LogP contribution in [0.3, 0.4) is 0 Å². The van der Waals surface area contributed by atoms with Crippen molar-refractivity contribution < 1.29 is 19.5 Å². The first-order valence-corrected chi connectivity index (χ1v) is 11.7. The van der Waals surface area contributed by atoms with Gasteiger partial charge in [-0.25, -0.2) is 25.3 Å². The molecule has 1 aliphatic heterocycles. The molecule has 0 aromatic heterocycles. The molecule has 4 amide bonds. The molecule has 1 fully saturated rings. The fraction of sp³-hybridized carbons (Fsp3) is 0.318. The lowest BCUT2D eigenvalue weighted by atomic mass is 9.93. The lowest BCUT2D eigenvalue weighted by Gasteiger charge is -2.46. The minimum absolute atomic E-state index is 0.112. The number of aliphatic carboxylic acids is 1. The highest BCUT2D eigenvalue weighted by Gasteiger charge is 2.46. The summed E-state index contributed by atoms with van der Waals surface area (Å²) in [5.74, 6) is 5.03. The molecule has 176 valence electrons. The first-order valence-electron chi connectivity index (χ1n) is 10.1. The molecule has 1 atom stereocenters. The number of anilines is 1. The van der Waals surface area contributed by atoms with E-state index in [-0.39, 0.29) is 13.1 Å². The summed E-state index contributed by atoms with van der Waals surface area (Å²) < 4.78 is 0. The maximum absolute atomic E-state index is 13.5. The van der Waals surface area contributed by atoms with Gasteiger partial charge in [0, 0.05) is 22.2 Å². The average molecular weight is 492 g/mol. The molecule has 1 unspecified atom stereocenters. The van der Waals surface area contributed by atoms with Crippen LogP contribution in [0, 0.1) is 5.41 Å². The maximum atomic E-state index is 13.5. The molecule has 9 nitrogen and oxygen atoms in total. The molecular formula is C22H26ClN5O4S. The Balaban J connectivity index is 1.97. The average Bonchev–Trinajstić information content (AvgIpc) is 2.78. The fourth-order valence-corrected chi connectivity index (χ4v) is 3.87. The van der Waals surface area contributed by atoms with E-state index in [9.17, 15) is 19.5 Å². The molecule has 11 heteroatoms. The van der Waals surface area contributed by atoms with Crippen LogP contribution < -0.4 is 11.2 Å². The third kappa shape index (κ3) is 5.52. The van der Waals surface area contributed by atoms with Crippen LogP contribution >= 0.6 is 23.4 Å². The van der Waals surface area contributed by atoms with Crippen molar-refractivity contribution in [2.75, 3.05) is 18.1 Å². The Hall–Kier alpha value is -2.95. The summed E-state index contributed by atoms with van der Waals surface area (Å²) in [4.78, 5) is 41.4. The predicted molar refractivity (Wildman–Crippen MR) is 128 cm³/mol. The normalized spacial score (nSPS) is 16.9. The molecule has 0 saturated carbocycles. The van der Waals surface area contributed by atoms with Gasteiger partial charge in [-0.15, -0.1) is 11.8 Å². The van der Waals surface area contributed by atoms with Crippen molar-refractivity contribution in [3.05, 3.63) is 59.1 Å². The Bertz CT molecular complexity index is 1050. The number of urea groups is 2. The van der Waals surface area contributed by atoms with Gasteiger partial charge in [0.05, 0.1) is 12.0 Å². The first kappa shape index (κ1) is 24.7. The molecule has 1 aliphatic rings. The van der Waals surface area contributed by atoms with E-state index in [1.54, 1.807) is 36.0 Å². The summed E-state index contributed by atoms with van der Waals surface area (Å²) in [7, 11) is 0. The van der Waals surface area contributed by atoms with E-state index in [0.717, 1.165) is 20.4 Å². The number of halogens is 1. The van der Waals surface area contributed by atoms with E-state index in [1.807, 2.05) is 30.5 Å². The Labute approximate surface area is 201 Å². The number of nitrogens with zero attached hydrogens (tertiary/aromatic N) is 3. The molecule has 4 N–H and O–H groups in total. The number of imide groups is 1. The van der Waals surface area contributed by atoms with Crippen LogP contribution in [0.1, 0.15) is 19.4 Å². The molecule has 0 aliphatic carbocycles. The number of hydrogen-bond acceptors (Lipinski definition) is 6. The molecule has 0 radical (unpaired) electrons. The van der Waals surface area contributed by atoms with Crippen LogP contribution in [-0.2, 0) is 11.3 Å². The third-order valence-corrected chi connectivity index (χ3v) is 6.23. The van der Waals surface area contributed by atoms with Crippen LogP contribution in [0.4, 0.5) is 15.3 Å². The van der Waals surface area contributed by atoms with E-state index >= 15 is 0 Å². The summed E-state index contributed by atoms with van der Waals surface area (Å²) >= 11 is 7.54. The van der Waals surface area contributed by atoms with Crippen LogP contribution in [0.5, 0.6) is 0 Å². The van der Waals surface area contributed by atoms with E-state index in [0.29, 0.717) is 10.7 Å². The highest BCUT2D eigenvalue weighted by atomic mass is 35.5. The summed E-state index contributed by atoms with van der Waals surface area (Å²) in [6.45, 7) is 2.66. The van der Waals surface area contributed by atoms with E-state index in [2.05, 4.69) is 5.32 Å². The number of amides is 4. The molecule has 0 bridgehead atoms. The molecule has 1 saturated heterocycles. The van der Waals surface area contributed by atoms with Gasteiger partial charge in [-0.2, -0.15) is 0 Å². The Morgan fingerprint density at radius 2 is 1.85 bits per heavy atom. The van der Waals surface area contributed by atoms with Crippen molar-refractivity contribution in [1.82, 2.24) is 14.8 Å². The maximum Gasteiger partial charge on any atom is 0.345 e. The third-order valence-electron chi connectivity index (χ3n) is 5.25. The summed E-state index contributed by atoms with van der Waals surface area (Å²) in [5.41, 5.74) is 0.0753. The number of thioether (sulfide) groups is 1. The van der Waals surface area contributed by atoms with E-state index in [1.165, 1.54) is 18.7 Å². The van der Waals surface area contributed by atoms with Crippen molar-refractivity contribution in [3.63, 3.8) is 0 Å². The molecule has 2 aromatic rings. The molecular weight excluding hydrogens is 466 g/mol. The van der Waals surface area contributed by atoms with E-state index < -0.39 is 29.7 Å². The van der Waals surface area contributed by atoms with Crippen LogP contribution in [0.15, 0.2) is 53.4 Å². The fourth-order valence-electron chi connectivity index (χ4n) is 3.28. The Morgan fingerprint density at radius 1 is 1.18 bits per heavy atom. The zero-order chi connectivity index (χ0) is 24.3. The first-order chi connectivity index (χ1) is 15.5. The number of carbonyl (C=O) groups is 3. The van der Waals surface area contributed by atoms with Gasteiger partial charge in [0.2, 0.25) is 6.29 Å². The SMILES string of the molecule is CSc1cccc(NC2N(N)C(=O)N(CC(C)(C)C(=O)O)C(=O)N2Cc2ccc(Cl)cc2)c1. The van der Waals surface area contributed by atoms with Gasteiger partial charge in [-0.1, -0.05) is 29.8 Å². The number of nitrogens with two attached hydrogens (primary N) is 1. The van der Waals surface area contributed by atoms with Crippen LogP contribution in [-0.4, -0.2) is 57.0 Å². The zero-order valence-corrected chi connectivity index (χ0v) is 20.1. The molecule has 33 heavy (non-hydrogen) atoms. The lowest BCUT2D eigenvalue weighted by Crippen LogP contribution is -2.71.